The molecule has 164 valence electrons. The molecule has 0 heterocycles. The van der Waals surface area contributed by atoms with Crippen LogP contribution in [0.2, 0.25) is 0 Å². The van der Waals surface area contributed by atoms with Gasteiger partial charge in [0.05, 0.1) is 18.4 Å². The number of esters is 1. The molecule has 0 atom stereocenters. The molecule has 0 aliphatic carbocycles. The van der Waals surface area contributed by atoms with Crippen molar-refractivity contribution in [3.05, 3.63) is 83.4 Å². The number of nitrogens with one attached hydrogen (secondary N) is 2. The van der Waals surface area contributed by atoms with E-state index >= 15 is 0 Å². The Bertz CT molecular complexity index is 1210. The quantitative estimate of drug-likeness (QED) is 0.434. The van der Waals surface area contributed by atoms with Crippen LogP contribution in [0, 0.1) is 0 Å². The highest BCUT2D eigenvalue weighted by Crippen LogP contribution is 2.23. The molecule has 3 aromatic carbocycles. The van der Waals surface area contributed by atoms with Crippen molar-refractivity contribution in [1.29, 1.82) is 0 Å². The molecule has 0 spiro atoms. The van der Waals surface area contributed by atoms with E-state index in [2.05, 4.69) is 10.6 Å². The van der Waals surface area contributed by atoms with Gasteiger partial charge < -0.3 is 15.4 Å². The lowest BCUT2D eigenvalue weighted by molar-refractivity contribution is -0.111. The Balaban J connectivity index is 1.88. The number of rotatable bonds is 6. The molecular formula is C26H26N2O4. The van der Waals surface area contributed by atoms with Gasteiger partial charge in [-0.05, 0) is 66.9 Å². The van der Waals surface area contributed by atoms with Crippen LogP contribution in [0.5, 0.6) is 0 Å². The van der Waals surface area contributed by atoms with Gasteiger partial charge in [-0.25, -0.2) is 4.79 Å². The van der Waals surface area contributed by atoms with Gasteiger partial charge in [-0.15, -0.1) is 0 Å². The van der Waals surface area contributed by atoms with Crippen molar-refractivity contribution in [3.8, 4) is 0 Å². The molecular weight excluding hydrogens is 404 g/mol. The molecule has 3 rings (SSSR count). The van der Waals surface area contributed by atoms with Gasteiger partial charge in [-0.3, -0.25) is 9.59 Å². The zero-order valence-corrected chi connectivity index (χ0v) is 18.6. The Kier molecular flexibility index (Phi) is 7.05. The number of amides is 2. The predicted molar refractivity (Wildman–Crippen MR) is 127 cm³/mol. The van der Waals surface area contributed by atoms with Crippen LogP contribution >= 0.6 is 0 Å². The van der Waals surface area contributed by atoms with Crippen LogP contribution in [0.4, 0.5) is 5.69 Å². The van der Waals surface area contributed by atoms with E-state index in [4.69, 9.17) is 4.74 Å². The fraction of sp³-hybridized carbons (Fsp3) is 0.192. The lowest BCUT2D eigenvalue weighted by atomic mass is 10.0. The van der Waals surface area contributed by atoms with Crippen LogP contribution in [0.25, 0.3) is 16.3 Å². The van der Waals surface area contributed by atoms with E-state index in [-0.39, 0.29) is 23.2 Å². The Hall–Kier alpha value is -3.93. The predicted octanol–water partition coefficient (Wildman–Crippen LogP) is 4.81. The molecule has 0 fully saturated rings. The fourth-order valence-electron chi connectivity index (χ4n) is 3.31. The molecule has 0 aromatic heterocycles. The number of methoxy groups -OCH3 is 1. The summed E-state index contributed by atoms with van der Waals surface area (Å²) in [7, 11) is 1.26. The van der Waals surface area contributed by atoms with E-state index in [1.165, 1.54) is 31.4 Å². The van der Waals surface area contributed by atoms with Crippen LogP contribution in [0.3, 0.4) is 0 Å². The van der Waals surface area contributed by atoms with Crippen LogP contribution in [0.1, 0.15) is 47.1 Å². The molecule has 3 aromatic rings. The van der Waals surface area contributed by atoms with Crippen molar-refractivity contribution in [2.75, 3.05) is 12.4 Å². The first-order valence-electron chi connectivity index (χ1n) is 10.3. The largest absolute Gasteiger partial charge is 0.465 e. The average molecular weight is 431 g/mol. The molecule has 0 aliphatic heterocycles. The number of allylic oxidation sites excluding steroid dienone is 1. The van der Waals surface area contributed by atoms with Crippen LogP contribution in [0.15, 0.2) is 66.7 Å². The fourth-order valence-corrected chi connectivity index (χ4v) is 3.31. The molecule has 2 N–H and O–H groups in total. The molecule has 0 aliphatic rings. The third kappa shape index (κ3) is 5.40. The Morgan fingerprint density at radius 3 is 2.28 bits per heavy atom. The highest BCUT2D eigenvalue weighted by atomic mass is 16.5. The molecule has 0 radical (unpaired) electrons. The van der Waals surface area contributed by atoms with E-state index < -0.39 is 11.9 Å². The third-order valence-corrected chi connectivity index (χ3v) is 4.92. The molecule has 2 amide bonds. The molecule has 32 heavy (non-hydrogen) atoms. The lowest BCUT2D eigenvalue weighted by Gasteiger charge is -2.13. The number of ether oxygens (including phenoxy) is 1. The van der Waals surface area contributed by atoms with Crippen LogP contribution in [-0.4, -0.2) is 30.9 Å². The number of fused-ring (bicyclic) bond motifs is 1. The van der Waals surface area contributed by atoms with Crippen LogP contribution < -0.4 is 10.6 Å². The highest BCUT2D eigenvalue weighted by Gasteiger charge is 2.17. The van der Waals surface area contributed by atoms with Gasteiger partial charge in [0.2, 0.25) is 5.91 Å². The number of carbonyl (C=O) groups is 3. The maximum atomic E-state index is 12.7. The minimum absolute atomic E-state index is 0.0478. The van der Waals surface area contributed by atoms with Gasteiger partial charge in [0, 0.05) is 17.7 Å². The van der Waals surface area contributed by atoms with Gasteiger partial charge in [0.15, 0.2) is 0 Å². The Morgan fingerprint density at radius 2 is 1.59 bits per heavy atom. The number of anilines is 1. The summed E-state index contributed by atoms with van der Waals surface area (Å²) < 4.78 is 4.81. The first-order valence-corrected chi connectivity index (χ1v) is 10.3. The zero-order chi connectivity index (χ0) is 23.3. The normalized spacial score (nSPS) is 11.3. The molecule has 6 nitrogen and oxygen atoms in total. The van der Waals surface area contributed by atoms with Crippen molar-refractivity contribution < 1.29 is 19.1 Å². The third-order valence-electron chi connectivity index (χ3n) is 4.92. The number of hydrogen-bond acceptors (Lipinski definition) is 4. The smallest absolute Gasteiger partial charge is 0.339 e. The van der Waals surface area contributed by atoms with Crippen molar-refractivity contribution in [1.82, 2.24) is 5.32 Å². The maximum absolute atomic E-state index is 12.7. The van der Waals surface area contributed by atoms with E-state index in [0.29, 0.717) is 5.56 Å². The van der Waals surface area contributed by atoms with Gasteiger partial charge in [0.25, 0.3) is 5.91 Å². The van der Waals surface area contributed by atoms with Gasteiger partial charge in [0.1, 0.15) is 0 Å². The molecule has 0 unspecified atom stereocenters. The van der Waals surface area contributed by atoms with Crippen molar-refractivity contribution >= 4 is 39.8 Å². The summed E-state index contributed by atoms with van der Waals surface area (Å²) in [6.45, 7) is 5.55. The maximum Gasteiger partial charge on any atom is 0.339 e. The minimum Gasteiger partial charge on any atom is -0.465 e. The lowest BCUT2D eigenvalue weighted by Crippen LogP contribution is -2.30. The summed E-state index contributed by atoms with van der Waals surface area (Å²) in [5.41, 5.74) is 2.38. The molecule has 0 saturated carbocycles. The van der Waals surface area contributed by atoms with Gasteiger partial charge in [-0.2, -0.15) is 0 Å². The second kappa shape index (κ2) is 9.92. The molecule has 0 bridgehead atoms. The summed E-state index contributed by atoms with van der Waals surface area (Å²) in [5, 5.41) is 7.70. The van der Waals surface area contributed by atoms with E-state index in [9.17, 15) is 14.4 Å². The van der Waals surface area contributed by atoms with E-state index in [1.807, 2.05) is 63.2 Å². The molecule has 6 heteroatoms. The first kappa shape index (κ1) is 22.7. The van der Waals surface area contributed by atoms with Crippen LogP contribution in [-0.2, 0) is 9.53 Å². The van der Waals surface area contributed by atoms with E-state index in [1.54, 1.807) is 0 Å². The summed E-state index contributed by atoms with van der Waals surface area (Å²) in [5.74, 6) is -1.32. The van der Waals surface area contributed by atoms with Crippen molar-refractivity contribution in [3.63, 3.8) is 0 Å². The second-order valence-electron chi connectivity index (χ2n) is 7.76. The number of benzene rings is 3. The Labute approximate surface area is 187 Å². The SMILES string of the molecule is COC(=O)c1ccc(C(=O)NC(C)C)cc1NC(=O)C=C(C)c1ccc2ccccc2c1. The average Bonchev–Trinajstić information content (AvgIpc) is 2.77. The summed E-state index contributed by atoms with van der Waals surface area (Å²) in [6, 6.07) is 18.4. The zero-order valence-electron chi connectivity index (χ0n) is 18.6. The first-order chi connectivity index (χ1) is 15.3. The van der Waals surface area contributed by atoms with E-state index in [0.717, 1.165) is 21.9 Å². The summed E-state index contributed by atoms with van der Waals surface area (Å²) >= 11 is 0. The van der Waals surface area contributed by atoms with Gasteiger partial charge >= 0.3 is 5.97 Å². The topological polar surface area (TPSA) is 84.5 Å². The summed E-state index contributed by atoms with van der Waals surface area (Å²) in [6.07, 6.45) is 1.46. The monoisotopic (exact) mass is 430 g/mol. The second-order valence-corrected chi connectivity index (χ2v) is 7.76. The standard InChI is InChI=1S/C26H26N2O4/c1-16(2)27-25(30)21-11-12-22(26(31)32-4)23(15-21)28-24(29)13-17(3)19-10-9-18-7-5-6-8-20(18)14-19/h5-16H,1-4H3,(H,27,30)(H,28,29). The minimum atomic E-state index is -0.605. The molecule has 0 saturated heterocycles. The highest BCUT2D eigenvalue weighted by molar-refractivity contribution is 6.09. The van der Waals surface area contributed by atoms with Crippen molar-refractivity contribution in [2.45, 2.75) is 26.8 Å². The Morgan fingerprint density at radius 1 is 0.906 bits per heavy atom. The summed E-state index contributed by atoms with van der Waals surface area (Å²) in [4.78, 5) is 37.3. The number of carbonyl (C=O) groups excluding carboxylic acids is 3. The van der Waals surface area contributed by atoms with Crippen molar-refractivity contribution in [2.24, 2.45) is 0 Å². The van der Waals surface area contributed by atoms with Gasteiger partial charge in [-0.1, -0.05) is 36.4 Å². The number of hydrogen-bond donors (Lipinski definition) is 2.